The van der Waals surface area contributed by atoms with Crippen LogP contribution in [-0.4, -0.2) is 11.4 Å². The summed E-state index contributed by atoms with van der Waals surface area (Å²) in [6, 6.07) is 8.40. The van der Waals surface area contributed by atoms with Crippen LogP contribution in [0.5, 0.6) is 0 Å². The lowest BCUT2D eigenvalue weighted by Crippen LogP contribution is -2.22. The number of rotatable bonds is 2. The van der Waals surface area contributed by atoms with Gasteiger partial charge in [0.2, 0.25) is 0 Å². The molecule has 0 aromatic heterocycles. The predicted octanol–water partition coefficient (Wildman–Crippen LogP) is 4.24. The maximum Gasteiger partial charge on any atom is 0.0908 e. The van der Waals surface area contributed by atoms with Gasteiger partial charge in [-0.05, 0) is 37.5 Å². The van der Waals surface area contributed by atoms with Crippen LogP contribution in [0.15, 0.2) is 28.7 Å². The molecule has 2 rings (SSSR count). The minimum atomic E-state index is -0.109. The van der Waals surface area contributed by atoms with Crippen molar-refractivity contribution in [3.63, 3.8) is 0 Å². The molecule has 2 unspecified atom stereocenters. The Balaban J connectivity index is 2.23. The molecule has 2 atom stereocenters. The van der Waals surface area contributed by atoms with Gasteiger partial charge in [0.05, 0.1) is 11.7 Å². The summed E-state index contributed by atoms with van der Waals surface area (Å²) in [5.74, 6) is 0. The summed E-state index contributed by atoms with van der Waals surface area (Å²) >= 11 is 6.98. The van der Waals surface area contributed by atoms with Crippen LogP contribution in [0.2, 0.25) is 0 Å². The van der Waals surface area contributed by atoms with Crippen molar-refractivity contribution >= 4 is 31.9 Å². The van der Waals surface area contributed by atoms with Crippen molar-refractivity contribution in [1.29, 1.82) is 0 Å². The Kier molecular flexibility index (Phi) is 3.53. The van der Waals surface area contributed by atoms with E-state index in [4.69, 9.17) is 4.74 Å². The van der Waals surface area contributed by atoms with Gasteiger partial charge in [0.25, 0.3) is 0 Å². The number of benzene rings is 1. The average Bonchev–Trinajstić information content (AvgIpc) is 2.62. The van der Waals surface area contributed by atoms with E-state index in [0.29, 0.717) is 6.10 Å². The van der Waals surface area contributed by atoms with Crippen molar-refractivity contribution in [3.8, 4) is 0 Å². The maximum atomic E-state index is 6.07. The third kappa shape index (κ3) is 2.45. The SMILES string of the molecule is CC1(c2cccc(Br)c2)CCC(CBr)O1. The zero-order chi connectivity index (χ0) is 10.9. The largest absolute Gasteiger partial charge is 0.366 e. The van der Waals surface area contributed by atoms with Crippen LogP contribution in [0.4, 0.5) is 0 Å². The fourth-order valence-corrected chi connectivity index (χ4v) is 2.92. The molecule has 1 nitrogen and oxygen atoms in total. The van der Waals surface area contributed by atoms with Gasteiger partial charge < -0.3 is 4.74 Å². The fourth-order valence-electron chi connectivity index (χ4n) is 2.06. The highest BCUT2D eigenvalue weighted by Gasteiger charge is 2.36. The van der Waals surface area contributed by atoms with E-state index >= 15 is 0 Å². The van der Waals surface area contributed by atoms with Gasteiger partial charge in [-0.25, -0.2) is 0 Å². The number of hydrogen-bond acceptors (Lipinski definition) is 1. The first-order chi connectivity index (χ1) is 7.14. The molecule has 1 aromatic carbocycles. The van der Waals surface area contributed by atoms with Gasteiger partial charge >= 0.3 is 0 Å². The van der Waals surface area contributed by atoms with Crippen molar-refractivity contribution in [2.24, 2.45) is 0 Å². The summed E-state index contributed by atoms with van der Waals surface area (Å²) in [6.45, 7) is 2.18. The van der Waals surface area contributed by atoms with Crippen LogP contribution >= 0.6 is 31.9 Å². The first-order valence-corrected chi connectivity index (χ1v) is 7.05. The summed E-state index contributed by atoms with van der Waals surface area (Å²) in [4.78, 5) is 0. The van der Waals surface area contributed by atoms with Crippen LogP contribution in [-0.2, 0) is 10.3 Å². The second-order valence-electron chi connectivity index (χ2n) is 4.17. The summed E-state index contributed by atoms with van der Waals surface area (Å²) in [5.41, 5.74) is 1.16. The molecule has 1 saturated heterocycles. The Labute approximate surface area is 107 Å². The minimum absolute atomic E-state index is 0.109. The van der Waals surface area contributed by atoms with Gasteiger partial charge in [-0.15, -0.1) is 0 Å². The van der Waals surface area contributed by atoms with Crippen molar-refractivity contribution in [3.05, 3.63) is 34.3 Å². The molecule has 1 aliphatic heterocycles. The highest BCUT2D eigenvalue weighted by Crippen LogP contribution is 2.39. The standard InChI is InChI=1S/C12H14Br2O/c1-12(6-5-11(8-13)15-12)9-3-2-4-10(14)7-9/h2-4,7,11H,5-6,8H2,1H3. The number of halogens is 2. The molecule has 1 aromatic rings. The van der Waals surface area contributed by atoms with E-state index in [1.807, 2.05) is 6.07 Å². The van der Waals surface area contributed by atoms with Crippen LogP contribution in [0.25, 0.3) is 0 Å². The lowest BCUT2D eigenvalue weighted by atomic mass is 9.93. The average molecular weight is 334 g/mol. The quantitative estimate of drug-likeness (QED) is 0.735. The van der Waals surface area contributed by atoms with Gasteiger partial charge in [0, 0.05) is 9.80 Å². The Morgan fingerprint density at radius 2 is 2.33 bits per heavy atom. The lowest BCUT2D eigenvalue weighted by Gasteiger charge is -2.25. The molecule has 0 saturated carbocycles. The third-order valence-corrected chi connectivity index (χ3v) is 4.19. The van der Waals surface area contributed by atoms with Gasteiger partial charge in [0.1, 0.15) is 0 Å². The van der Waals surface area contributed by atoms with E-state index in [9.17, 15) is 0 Å². The van der Waals surface area contributed by atoms with Gasteiger partial charge in [-0.2, -0.15) is 0 Å². The second-order valence-corrected chi connectivity index (χ2v) is 5.74. The van der Waals surface area contributed by atoms with E-state index in [-0.39, 0.29) is 5.60 Å². The van der Waals surface area contributed by atoms with Crippen molar-refractivity contribution < 1.29 is 4.74 Å². The first kappa shape index (κ1) is 11.6. The topological polar surface area (TPSA) is 9.23 Å². The molecule has 0 spiro atoms. The summed E-state index contributed by atoms with van der Waals surface area (Å²) in [6.07, 6.45) is 2.59. The summed E-state index contributed by atoms with van der Waals surface area (Å²) < 4.78 is 7.19. The molecule has 0 bridgehead atoms. The smallest absolute Gasteiger partial charge is 0.0908 e. The maximum absolute atomic E-state index is 6.07. The van der Waals surface area contributed by atoms with Crippen molar-refractivity contribution in [1.82, 2.24) is 0 Å². The first-order valence-electron chi connectivity index (χ1n) is 5.14. The highest BCUT2D eigenvalue weighted by molar-refractivity contribution is 9.10. The Morgan fingerprint density at radius 3 is 2.93 bits per heavy atom. The van der Waals surface area contributed by atoms with Crippen molar-refractivity contribution in [2.75, 3.05) is 5.33 Å². The number of ether oxygens (including phenoxy) is 1. The summed E-state index contributed by atoms with van der Waals surface area (Å²) in [7, 11) is 0. The van der Waals surface area contributed by atoms with Crippen LogP contribution in [0.3, 0.4) is 0 Å². The molecule has 82 valence electrons. The lowest BCUT2D eigenvalue weighted by molar-refractivity contribution is -0.0221. The fraction of sp³-hybridized carbons (Fsp3) is 0.500. The Morgan fingerprint density at radius 1 is 1.53 bits per heavy atom. The molecular weight excluding hydrogens is 320 g/mol. The molecule has 0 amide bonds. The van der Waals surface area contributed by atoms with Crippen LogP contribution < -0.4 is 0 Å². The van der Waals surface area contributed by atoms with Crippen LogP contribution in [0, 0.1) is 0 Å². The van der Waals surface area contributed by atoms with E-state index in [1.165, 1.54) is 5.56 Å². The van der Waals surface area contributed by atoms with E-state index < -0.39 is 0 Å². The molecule has 15 heavy (non-hydrogen) atoms. The molecule has 1 aliphatic rings. The van der Waals surface area contributed by atoms with E-state index in [0.717, 1.165) is 22.6 Å². The highest BCUT2D eigenvalue weighted by atomic mass is 79.9. The second kappa shape index (κ2) is 4.56. The molecule has 1 fully saturated rings. The van der Waals surface area contributed by atoms with Gasteiger partial charge in [-0.3, -0.25) is 0 Å². The normalized spacial score (nSPS) is 30.7. The van der Waals surface area contributed by atoms with E-state index in [2.05, 4.69) is 57.0 Å². The van der Waals surface area contributed by atoms with Crippen molar-refractivity contribution in [2.45, 2.75) is 31.5 Å². The Hall–Kier alpha value is 0.140. The molecule has 3 heteroatoms. The zero-order valence-electron chi connectivity index (χ0n) is 8.67. The monoisotopic (exact) mass is 332 g/mol. The molecule has 0 radical (unpaired) electrons. The van der Waals surface area contributed by atoms with Crippen LogP contribution in [0.1, 0.15) is 25.3 Å². The molecular formula is C12H14Br2O. The minimum Gasteiger partial charge on any atom is -0.366 e. The number of hydrogen-bond donors (Lipinski definition) is 0. The molecule has 1 heterocycles. The number of alkyl halides is 1. The Bertz CT molecular complexity index is 353. The molecule has 0 aliphatic carbocycles. The van der Waals surface area contributed by atoms with Gasteiger partial charge in [0.15, 0.2) is 0 Å². The van der Waals surface area contributed by atoms with Gasteiger partial charge in [-0.1, -0.05) is 44.0 Å². The zero-order valence-corrected chi connectivity index (χ0v) is 11.8. The molecule has 0 N–H and O–H groups in total. The predicted molar refractivity (Wildman–Crippen MR) is 69.4 cm³/mol. The van der Waals surface area contributed by atoms with E-state index in [1.54, 1.807) is 0 Å². The summed E-state index contributed by atoms with van der Waals surface area (Å²) in [5, 5.41) is 0.927. The third-order valence-electron chi connectivity index (χ3n) is 2.98.